The van der Waals surface area contributed by atoms with Crippen LogP contribution in [-0.2, 0) is 0 Å². The smallest absolute Gasteiger partial charge is 0.0368 e. The molecule has 0 aliphatic rings. The molecule has 1 N–H and O–H groups in total. The monoisotopic (exact) mass is 290 g/mol. The van der Waals surface area contributed by atoms with Crippen LogP contribution >= 0.6 is 0 Å². The van der Waals surface area contributed by atoms with Crippen molar-refractivity contribution in [3.63, 3.8) is 0 Å². The molecule has 1 aromatic carbocycles. The first-order chi connectivity index (χ1) is 9.92. The van der Waals surface area contributed by atoms with E-state index in [0.717, 1.165) is 13.1 Å². The SMILES string of the molecule is CCN(CCCCCCNC(C)(C)C)c1cccc(C)c1. The van der Waals surface area contributed by atoms with Crippen molar-refractivity contribution in [2.24, 2.45) is 0 Å². The summed E-state index contributed by atoms with van der Waals surface area (Å²) in [5, 5.41) is 3.55. The molecular weight excluding hydrogens is 256 g/mol. The second kappa shape index (κ2) is 9.09. The molecule has 0 aliphatic carbocycles. The van der Waals surface area contributed by atoms with Gasteiger partial charge in [-0.3, -0.25) is 0 Å². The van der Waals surface area contributed by atoms with Crippen molar-refractivity contribution in [2.45, 2.75) is 65.8 Å². The third-order valence-electron chi connectivity index (χ3n) is 3.76. The number of unbranched alkanes of at least 4 members (excludes halogenated alkanes) is 3. The lowest BCUT2D eigenvalue weighted by Crippen LogP contribution is -2.36. The maximum Gasteiger partial charge on any atom is 0.0368 e. The molecule has 0 aliphatic heterocycles. The van der Waals surface area contributed by atoms with Crippen LogP contribution in [0.2, 0.25) is 0 Å². The molecule has 0 spiro atoms. The van der Waals surface area contributed by atoms with E-state index in [4.69, 9.17) is 0 Å². The first-order valence-electron chi connectivity index (χ1n) is 8.49. The van der Waals surface area contributed by atoms with Crippen molar-refractivity contribution in [2.75, 3.05) is 24.5 Å². The van der Waals surface area contributed by atoms with E-state index in [1.165, 1.54) is 43.5 Å². The summed E-state index contributed by atoms with van der Waals surface area (Å²) in [6.45, 7) is 14.5. The number of nitrogens with zero attached hydrogens (tertiary/aromatic N) is 1. The van der Waals surface area contributed by atoms with Gasteiger partial charge in [0.1, 0.15) is 0 Å². The standard InChI is InChI=1S/C19H34N2/c1-6-21(18-13-11-12-17(2)16-18)15-10-8-7-9-14-20-19(3,4)5/h11-13,16,20H,6-10,14-15H2,1-5H3. The number of hydrogen-bond acceptors (Lipinski definition) is 2. The van der Waals surface area contributed by atoms with Gasteiger partial charge in [0.25, 0.3) is 0 Å². The first kappa shape index (κ1) is 18.0. The lowest BCUT2D eigenvalue weighted by Gasteiger charge is -2.23. The zero-order chi connectivity index (χ0) is 15.7. The highest BCUT2D eigenvalue weighted by Crippen LogP contribution is 2.16. The van der Waals surface area contributed by atoms with Crippen LogP contribution < -0.4 is 10.2 Å². The van der Waals surface area contributed by atoms with E-state index in [0.29, 0.717) is 0 Å². The first-order valence-corrected chi connectivity index (χ1v) is 8.49. The number of anilines is 1. The van der Waals surface area contributed by atoms with Crippen molar-refractivity contribution < 1.29 is 0 Å². The topological polar surface area (TPSA) is 15.3 Å². The van der Waals surface area contributed by atoms with Gasteiger partial charge >= 0.3 is 0 Å². The normalized spacial score (nSPS) is 11.7. The number of nitrogens with one attached hydrogen (secondary N) is 1. The number of rotatable bonds is 9. The Bertz CT molecular complexity index is 393. The van der Waals surface area contributed by atoms with Crippen molar-refractivity contribution in [1.82, 2.24) is 5.32 Å². The molecule has 2 nitrogen and oxygen atoms in total. The zero-order valence-electron chi connectivity index (χ0n) is 14.7. The minimum absolute atomic E-state index is 0.254. The Morgan fingerprint density at radius 1 is 1.05 bits per heavy atom. The van der Waals surface area contributed by atoms with Gasteiger partial charge in [-0.25, -0.2) is 0 Å². The molecule has 0 unspecified atom stereocenters. The van der Waals surface area contributed by atoms with Crippen LogP contribution in [0.1, 0.15) is 58.9 Å². The molecule has 1 aromatic rings. The van der Waals surface area contributed by atoms with Crippen LogP contribution in [0.5, 0.6) is 0 Å². The Morgan fingerprint density at radius 3 is 2.38 bits per heavy atom. The average molecular weight is 290 g/mol. The van der Waals surface area contributed by atoms with E-state index >= 15 is 0 Å². The summed E-state index contributed by atoms with van der Waals surface area (Å²) < 4.78 is 0. The summed E-state index contributed by atoms with van der Waals surface area (Å²) in [6.07, 6.45) is 5.23. The summed E-state index contributed by atoms with van der Waals surface area (Å²) in [4.78, 5) is 2.49. The minimum atomic E-state index is 0.254. The third-order valence-corrected chi connectivity index (χ3v) is 3.76. The second-order valence-electron chi connectivity index (χ2n) is 7.01. The highest BCUT2D eigenvalue weighted by molar-refractivity contribution is 5.48. The second-order valence-corrected chi connectivity index (χ2v) is 7.01. The summed E-state index contributed by atoms with van der Waals surface area (Å²) in [5.74, 6) is 0. The minimum Gasteiger partial charge on any atom is -0.372 e. The third kappa shape index (κ3) is 8.11. The molecule has 2 heteroatoms. The number of benzene rings is 1. The van der Waals surface area contributed by atoms with E-state index in [1.54, 1.807) is 0 Å². The molecule has 0 radical (unpaired) electrons. The fourth-order valence-electron chi connectivity index (χ4n) is 2.54. The van der Waals surface area contributed by atoms with Gasteiger partial charge in [0, 0.05) is 24.3 Å². The molecule has 0 saturated carbocycles. The number of hydrogen-bond donors (Lipinski definition) is 1. The quantitative estimate of drug-likeness (QED) is 0.659. The molecule has 21 heavy (non-hydrogen) atoms. The number of aryl methyl sites for hydroxylation is 1. The Kier molecular flexibility index (Phi) is 7.81. The lowest BCUT2D eigenvalue weighted by atomic mass is 10.1. The van der Waals surface area contributed by atoms with Crippen LogP contribution in [0.15, 0.2) is 24.3 Å². The molecular formula is C19H34N2. The average Bonchev–Trinajstić information content (AvgIpc) is 2.41. The van der Waals surface area contributed by atoms with Gasteiger partial charge in [0.05, 0.1) is 0 Å². The molecule has 0 fully saturated rings. The molecule has 0 aromatic heterocycles. The van der Waals surface area contributed by atoms with Gasteiger partial charge in [-0.15, -0.1) is 0 Å². The molecule has 0 heterocycles. The fourth-order valence-corrected chi connectivity index (χ4v) is 2.54. The Labute approximate surface area is 131 Å². The molecule has 0 amide bonds. The highest BCUT2D eigenvalue weighted by atomic mass is 15.1. The van der Waals surface area contributed by atoms with Crippen LogP contribution in [-0.4, -0.2) is 25.2 Å². The largest absolute Gasteiger partial charge is 0.372 e. The molecule has 0 atom stereocenters. The summed E-state index contributed by atoms with van der Waals surface area (Å²) in [6, 6.07) is 8.84. The van der Waals surface area contributed by atoms with E-state index in [2.05, 4.69) is 69.1 Å². The van der Waals surface area contributed by atoms with Crippen molar-refractivity contribution in [3.05, 3.63) is 29.8 Å². The van der Waals surface area contributed by atoms with Crippen molar-refractivity contribution in [1.29, 1.82) is 0 Å². The van der Waals surface area contributed by atoms with Gasteiger partial charge in [-0.1, -0.05) is 25.0 Å². The predicted molar refractivity (Wildman–Crippen MR) is 95.3 cm³/mol. The van der Waals surface area contributed by atoms with Crippen LogP contribution in [0.25, 0.3) is 0 Å². The Hall–Kier alpha value is -1.02. The molecule has 1 rings (SSSR count). The van der Waals surface area contributed by atoms with Gasteiger partial charge in [0.15, 0.2) is 0 Å². The van der Waals surface area contributed by atoms with E-state index in [9.17, 15) is 0 Å². The molecule has 120 valence electrons. The predicted octanol–water partition coefficient (Wildman–Crippen LogP) is 4.77. The van der Waals surface area contributed by atoms with Crippen molar-refractivity contribution >= 4 is 5.69 Å². The zero-order valence-corrected chi connectivity index (χ0v) is 14.7. The maximum absolute atomic E-state index is 3.55. The van der Waals surface area contributed by atoms with E-state index in [1.807, 2.05) is 0 Å². The lowest BCUT2D eigenvalue weighted by molar-refractivity contribution is 0.416. The maximum atomic E-state index is 3.55. The van der Waals surface area contributed by atoms with E-state index in [-0.39, 0.29) is 5.54 Å². The van der Waals surface area contributed by atoms with Gasteiger partial charge < -0.3 is 10.2 Å². The fraction of sp³-hybridized carbons (Fsp3) is 0.684. The van der Waals surface area contributed by atoms with E-state index < -0.39 is 0 Å². The molecule has 0 bridgehead atoms. The summed E-state index contributed by atoms with van der Waals surface area (Å²) in [5.41, 5.74) is 2.97. The Morgan fingerprint density at radius 2 is 1.76 bits per heavy atom. The summed E-state index contributed by atoms with van der Waals surface area (Å²) in [7, 11) is 0. The Balaban J connectivity index is 2.18. The van der Waals surface area contributed by atoms with Crippen LogP contribution in [0.3, 0.4) is 0 Å². The van der Waals surface area contributed by atoms with Crippen molar-refractivity contribution in [3.8, 4) is 0 Å². The van der Waals surface area contributed by atoms with Crippen LogP contribution in [0.4, 0.5) is 5.69 Å². The molecule has 0 saturated heterocycles. The van der Waals surface area contributed by atoms with Gasteiger partial charge in [-0.05, 0) is 71.7 Å². The van der Waals surface area contributed by atoms with Gasteiger partial charge in [0.2, 0.25) is 0 Å². The van der Waals surface area contributed by atoms with Gasteiger partial charge in [-0.2, -0.15) is 0 Å². The summed E-state index contributed by atoms with van der Waals surface area (Å²) >= 11 is 0. The highest BCUT2D eigenvalue weighted by Gasteiger charge is 2.07. The van der Waals surface area contributed by atoms with Crippen LogP contribution in [0, 0.1) is 6.92 Å².